The Morgan fingerprint density at radius 2 is 1.94 bits per heavy atom. The molecule has 0 atom stereocenters. The maximum absolute atomic E-state index is 9.41. The van der Waals surface area contributed by atoms with Crippen LogP contribution < -0.4 is 0 Å². The van der Waals surface area contributed by atoms with Gasteiger partial charge in [0, 0.05) is 10.8 Å². The van der Waals surface area contributed by atoms with E-state index in [0.717, 1.165) is 18.4 Å². The molecule has 0 heterocycles. The second-order valence-electron chi connectivity index (χ2n) is 5.56. The summed E-state index contributed by atoms with van der Waals surface area (Å²) in [4.78, 5) is 0. The van der Waals surface area contributed by atoms with Crippen LogP contribution in [0, 0.1) is 0 Å². The Labute approximate surface area is 96.9 Å². The van der Waals surface area contributed by atoms with Gasteiger partial charge in [-0.2, -0.15) is 0 Å². The van der Waals surface area contributed by atoms with E-state index >= 15 is 0 Å². The van der Waals surface area contributed by atoms with Crippen LogP contribution in [0.4, 0.5) is 0 Å². The van der Waals surface area contributed by atoms with E-state index in [1.165, 1.54) is 5.56 Å². The van der Waals surface area contributed by atoms with Crippen LogP contribution in [0.1, 0.15) is 37.8 Å². The molecule has 2 rings (SSSR count). The van der Waals surface area contributed by atoms with Crippen molar-refractivity contribution >= 4 is 0 Å². The highest BCUT2D eigenvalue weighted by molar-refractivity contribution is 5.37. The van der Waals surface area contributed by atoms with E-state index in [9.17, 15) is 10.2 Å². The Bertz CT molecular complexity index is 357. The van der Waals surface area contributed by atoms with Gasteiger partial charge in [-0.1, -0.05) is 38.1 Å². The Hall–Kier alpha value is -0.860. The third kappa shape index (κ3) is 1.87. The molecule has 2 nitrogen and oxygen atoms in total. The predicted octanol–water partition coefficient (Wildman–Crippen LogP) is 1.98. The molecule has 0 spiro atoms. The molecule has 88 valence electrons. The summed E-state index contributed by atoms with van der Waals surface area (Å²) in [5.74, 6) is 0. The Kier molecular flexibility index (Phi) is 2.81. The number of aliphatic hydroxyl groups is 2. The highest BCUT2D eigenvalue weighted by Gasteiger charge is 2.43. The van der Waals surface area contributed by atoms with Crippen LogP contribution in [0.3, 0.4) is 0 Å². The molecule has 0 saturated heterocycles. The van der Waals surface area contributed by atoms with Gasteiger partial charge in [-0.15, -0.1) is 0 Å². The quantitative estimate of drug-likeness (QED) is 0.814. The average molecular weight is 220 g/mol. The topological polar surface area (TPSA) is 40.5 Å². The molecule has 1 aliphatic carbocycles. The summed E-state index contributed by atoms with van der Waals surface area (Å²) in [5, 5.41) is 18.8. The van der Waals surface area contributed by atoms with Crippen LogP contribution in [-0.4, -0.2) is 23.4 Å². The second-order valence-corrected chi connectivity index (χ2v) is 5.56. The van der Waals surface area contributed by atoms with Crippen LogP contribution in [-0.2, 0) is 10.8 Å². The van der Waals surface area contributed by atoms with E-state index in [-0.39, 0.29) is 24.0 Å². The van der Waals surface area contributed by atoms with Gasteiger partial charge >= 0.3 is 0 Å². The molecule has 0 bridgehead atoms. The molecule has 1 fully saturated rings. The Balaban J connectivity index is 2.34. The Morgan fingerprint density at radius 1 is 1.25 bits per heavy atom. The third-order valence-electron chi connectivity index (χ3n) is 3.81. The third-order valence-corrected chi connectivity index (χ3v) is 3.81. The average Bonchev–Trinajstić information content (AvgIpc) is 3.10. The molecule has 1 saturated carbocycles. The molecular weight excluding hydrogens is 200 g/mol. The molecule has 0 unspecified atom stereocenters. The van der Waals surface area contributed by atoms with Crippen molar-refractivity contribution in [1.82, 2.24) is 0 Å². The predicted molar refractivity (Wildman–Crippen MR) is 64.6 cm³/mol. The number of hydrogen-bond donors (Lipinski definition) is 2. The summed E-state index contributed by atoms with van der Waals surface area (Å²) in [7, 11) is 0. The van der Waals surface area contributed by atoms with E-state index in [2.05, 4.69) is 12.1 Å². The van der Waals surface area contributed by atoms with Crippen LogP contribution in [0.25, 0.3) is 0 Å². The number of benzene rings is 1. The van der Waals surface area contributed by atoms with Crippen molar-refractivity contribution in [2.75, 3.05) is 13.2 Å². The van der Waals surface area contributed by atoms with Crippen molar-refractivity contribution < 1.29 is 10.2 Å². The van der Waals surface area contributed by atoms with Gasteiger partial charge in [-0.25, -0.2) is 0 Å². The van der Waals surface area contributed by atoms with Gasteiger partial charge < -0.3 is 10.2 Å². The van der Waals surface area contributed by atoms with E-state index in [1.54, 1.807) is 0 Å². The van der Waals surface area contributed by atoms with Crippen molar-refractivity contribution in [3.05, 3.63) is 35.4 Å². The largest absolute Gasteiger partial charge is 0.395 e. The lowest BCUT2D eigenvalue weighted by Gasteiger charge is -2.24. The molecule has 16 heavy (non-hydrogen) atoms. The summed E-state index contributed by atoms with van der Waals surface area (Å²) in [5.41, 5.74) is 2.17. The van der Waals surface area contributed by atoms with Crippen molar-refractivity contribution in [2.45, 2.75) is 37.5 Å². The second kappa shape index (κ2) is 3.86. The highest BCUT2D eigenvalue weighted by atomic mass is 16.3. The summed E-state index contributed by atoms with van der Waals surface area (Å²) in [6.45, 7) is 4.44. The van der Waals surface area contributed by atoms with Gasteiger partial charge in [0.2, 0.25) is 0 Å². The molecule has 1 aromatic rings. The summed E-state index contributed by atoms with van der Waals surface area (Å²) < 4.78 is 0. The maximum Gasteiger partial charge on any atom is 0.0527 e. The van der Waals surface area contributed by atoms with E-state index < -0.39 is 0 Å². The Morgan fingerprint density at radius 3 is 2.44 bits per heavy atom. The first kappa shape index (κ1) is 11.6. The van der Waals surface area contributed by atoms with Gasteiger partial charge in [0.1, 0.15) is 0 Å². The zero-order valence-electron chi connectivity index (χ0n) is 10.0. The van der Waals surface area contributed by atoms with Crippen LogP contribution >= 0.6 is 0 Å². The molecule has 0 aliphatic heterocycles. The zero-order valence-corrected chi connectivity index (χ0v) is 10.0. The van der Waals surface area contributed by atoms with Crippen LogP contribution in [0.2, 0.25) is 0 Å². The number of hydrogen-bond acceptors (Lipinski definition) is 2. The monoisotopic (exact) mass is 220 g/mol. The molecule has 1 aromatic carbocycles. The van der Waals surface area contributed by atoms with Gasteiger partial charge in [0.15, 0.2) is 0 Å². The highest BCUT2D eigenvalue weighted by Crippen LogP contribution is 2.48. The van der Waals surface area contributed by atoms with Crippen molar-refractivity contribution in [3.8, 4) is 0 Å². The summed E-state index contributed by atoms with van der Waals surface area (Å²) in [6, 6.07) is 8.30. The van der Waals surface area contributed by atoms with E-state index in [1.807, 2.05) is 26.0 Å². The molecule has 2 N–H and O–H groups in total. The van der Waals surface area contributed by atoms with Gasteiger partial charge in [0.25, 0.3) is 0 Å². The van der Waals surface area contributed by atoms with Gasteiger partial charge in [-0.3, -0.25) is 0 Å². The first-order valence-corrected chi connectivity index (χ1v) is 5.87. The smallest absolute Gasteiger partial charge is 0.0527 e. The fraction of sp³-hybridized carbons (Fsp3) is 0.571. The lowest BCUT2D eigenvalue weighted by atomic mass is 9.83. The van der Waals surface area contributed by atoms with E-state index in [0.29, 0.717) is 0 Å². The minimum atomic E-state index is -0.207. The first-order chi connectivity index (χ1) is 7.54. The van der Waals surface area contributed by atoms with Crippen LogP contribution in [0.5, 0.6) is 0 Å². The minimum Gasteiger partial charge on any atom is -0.395 e. The maximum atomic E-state index is 9.41. The van der Waals surface area contributed by atoms with Crippen molar-refractivity contribution in [3.63, 3.8) is 0 Å². The normalized spacial score (nSPS) is 18.5. The first-order valence-electron chi connectivity index (χ1n) is 5.87. The molecule has 0 amide bonds. The van der Waals surface area contributed by atoms with Gasteiger partial charge in [0.05, 0.1) is 13.2 Å². The molecule has 0 aromatic heterocycles. The van der Waals surface area contributed by atoms with Crippen molar-refractivity contribution in [2.24, 2.45) is 0 Å². The van der Waals surface area contributed by atoms with Gasteiger partial charge in [-0.05, 0) is 24.0 Å². The number of rotatable bonds is 4. The SMILES string of the molecule is CC(C)(CO)c1cccc(C2(CO)CC2)c1. The number of aliphatic hydroxyl groups excluding tert-OH is 2. The lowest BCUT2D eigenvalue weighted by Crippen LogP contribution is -2.23. The minimum absolute atomic E-state index is 0.0154. The molecular formula is C14H20O2. The van der Waals surface area contributed by atoms with Crippen LogP contribution in [0.15, 0.2) is 24.3 Å². The van der Waals surface area contributed by atoms with Crippen molar-refractivity contribution in [1.29, 1.82) is 0 Å². The standard InChI is InChI=1S/C14H20O2/c1-13(2,9-15)11-4-3-5-12(8-11)14(10-16)6-7-14/h3-5,8,15-16H,6-7,9-10H2,1-2H3. The lowest BCUT2D eigenvalue weighted by molar-refractivity contribution is 0.218. The summed E-state index contributed by atoms with van der Waals surface area (Å²) in [6.07, 6.45) is 2.15. The fourth-order valence-corrected chi connectivity index (χ4v) is 2.05. The molecule has 0 radical (unpaired) electrons. The van der Waals surface area contributed by atoms with E-state index in [4.69, 9.17) is 0 Å². The molecule has 2 heteroatoms. The fourth-order valence-electron chi connectivity index (χ4n) is 2.05. The summed E-state index contributed by atoms with van der Waals surface area (Å²) >= 11 is 0. The zero-order chi connectivity index (χ0) is 11.8. The molecule has 1 aliphatic rings.